The van der Waals surface area contributed by atoms with Gasteiger partial charge in [0.15, 0.2) is 0 Å². The summed E-state index contributed by atoms with van der Waals surface area (Å²) in [5.74, 6) is -2.15. The van der Waals surface area contributed by atoms with Crippen LogP contribution in [-0.4, -0.2) is 32.1 Å². The van der Waals surface area contributed by atoms with E-state index in [0.29, 0.717) is 11.0 Å². The third-order valence-corrected chi connectivity index (χ3v) is 6.45. The third-order valence-electron chi connectivity index (χ3n) is 4.03. The fourth-order valence-corrected chi connectivity index (χ4v) is 4.98. The lowest BCUT2D eigenvalue weighted by molar-refractivity contribution is 0.0680. The molecule has 0 spiro atoms. The van der Waals surface area contributed by atoms with E-state index in [1.54, 1.807) is 12.1 Å². The lowest BCUT2D eigenvalue weighted by Gasteiger charge is -2.08. The van der Waals surface area contributed by atoms with Gasteiger partial charge in [0, 0.05) is 20.6 Å². The number of rotatable bonds is 5. The minimum Gasteiger partial charge on any atom is -0.477 e. The highest BCUT2D eigenvalue weighted by molar-refractivity contribution is 8.76. The first-order valence-electron chi connectivity index (χ1n) is 8.13. The third kappa shape index (κ3) is 3.51. The number of carboxylic acids is 2. The summed E-state index contributed by atoms with van der Waals surface area (Å²) in [5.41, 5.74) is 1.20. The first kappa shape index (κ1) is 18.3. The van der Waals surface area contributed by atoms with Crippen molar-refractivity contribution in [2.45, 2.75) is 9.79 Å². The number of pyridine rings is 2. The van der Waals surface area contributed by atoms with Gasteiger partial charge in [-0.15, -0.1) is 0 Å². The van der Waals surface area contributed by atoms with Crippen LogP contribution in [0.3, 0.4) is 0 Å². The molecule has 0 saturated carbocycles. The molecule has 2 N–H and O–H groups in total. The summed E-state index contributed by atoms with van der Waals surface area (Å²) >= 11 is 0. The maximum Gasteiger partial charge on any atom is 0.354 e. The summed E-state index contributed by atoms with van der Waals surface area (Å²) in [6.07, 6.45) is 0. The van der Waals surface area contributed by atoms with Crippen LogP contribution in [0.25, 0.3) is 21.8 Å². The van der Waals surface area contributed by atoms with Gasteiger partial charge in [0.05, 0.1) is 11.0 Å². The number of carbonyl (C=O) groups is 2. The lowest BCUT2D eigenvalue weighted by atomic mass is 10.2. The van der Waals surface area contributed by atoms with Crippen LogP contribution in [0, 0.1) is 0 Å². The standard InChI is InChI=1S/C20H12N2O4S2/c23-19(24)13-9-7-11-3-1-5-15(17(11)21-13)27-28-16-6-2-4-12-8-10-14(20(25)26)22-18(12)16/h1-10H,(H,23,24)(H,25,26). The van der Waals surface area contributed by atoms with E-state index >= 15 is 0 Å². The van der Waals surface area contributed by atoms with Crippen molar-refractivity contribution in [3.63, 3.8) is 0 Å². The zero-order chi connectivity index (χ0) is 19.7. The van der Waals surface area contributed by atoms with E-state index in [-0.39, 0.29) is 11.4 Å². The Labute approximate surface area is 167 Å². The SMILES string of the molecule is O=C(O)c1ccc2cccc(SSc3cccc4ccc(C(=O)O)nc34)c2n1. The molecule has 0 aliphatic rings. The molecule has 4 rings (SSSR count). The monoisotopic (exact) mass is 408 g/mol. The Kier molecular flexibility index (Phi) is 4.89. The summed E-state index contributed by atoms with van der Waals surface area (Å²) in [4.78, 5) is 32.6. The van der Waals surface area contributed by atoms with Gasteiger partial charge in [-0.05, 0) is 24.3 Å². The Balaban J connectivity index is 1.71. The molecule has 0 bridgehead atoms. The van der Waals surface area contributed by atoms with Crippen molar-refractivity contribution >= 4 is 55.3 Å². The molecule has 2 heterocycles. The van der Waals surface area contributed by atoms with Crippen molar-refractivity contribution in [2.75, 3.05) is 0 Å². The Morgan fingerprint density at radius 1 is 0.643 bits per heavy atom. The molecule has 8 heteroatoms. The largest absolute Gasteiger partial charge is 0.477 e. The molecule has 6 nitrogen and oxygen atoms in total. The van der Waals surface area contributed by atoms with Gasteiger partial charge >= 0.3 is 11.9 Å². The van der Waals surface area contributed by atoms with Crippen LogP contribution in [0.4, 0.5) is 0 Å². The molecule has 0 aliphatic heterocycles. The number of fused-ring (bicyclic) bond motifs is 2. The molecule has 28 heavy (non-hydrogen) atoms. The zero-order valence-electron chi connectivity index (χ0n) is 14.2. The molecule has 0 unspecified atom stereocenters. The molecule has 0 saturated heterocycles. The number of aromatic carboxylic acids is 2. The number of para-hydroxylation sites is 2. The van der Waals surface area contributed by atoms with Crippen LogP contribution in [0.2, 0.25) is 0 Å². The number of carboxylic acid groups (broad SMARTS) is 2. The average molecular weight is 408 g/mol. The number of benzene rings is 2. The van der Waals surface area contributed by atoms with E-state index < -0.39 is 11.9 Å². The molecule has 0 amide bonds. The normalized spacial score (nSPS) is 11.0. The highest BCUT2D eigenvalue weighted by Crippen LogP contribution is 2.42. The van der Waals surface area contributed by atoms with Crippen molar-refractivity contribution in [3.8, 4) is 0 Å². The van der Waals surface area contributed by atoms with Gasteiger partial charge in [-0.2, -0.15) is 0 Å². The summed E-state index contributed by atoms with van der Waals surface area (Å²) in [5, 5.41) is 20.1. The smallest absolute Gasteiger partial charge is 0.354 e. The first-order chi connectivity index (χ1) is 13.5. The second-order valence-electron chi connectivity index (χ2n) is 5.83. The first-order valence-corrected chi connectivity index (χ1v) is 10.3. The summed E-state index contributed by atoms with van der Waals surface area (Å²) < 4.78 is 0. The Bertz CT molecular complexity index is 1150. The predicted octanol–water partition coefficient (Wildman–Crippen LogP) is 4.98. The topological polar surface area (TPSA) is 100 Å². The Morgan fingerprint density at radius 2 is 1.07 bits per heavy atom. The van der Waals surface area contributed by atoms with E-state index in [1.807, 2.05) is 36.4 Å². The number of hydrogen-bond donors (Lipinski definition) is 2. The Morgan fingerprint density at radius 3 is 1.46 bits per heavy atom. The molecular formula is C20H12N2O4S2. The van der Waals surface area contributed by atoms with Crippen molar-refractivity contribution in [3.05, 3.63) is 72.1 Å². The second kappa shape index (κ2) is 7.49. The van der Waals surface area contributed by atoms with E-state index in [9.17, 15) is 19.8 Å². The van der Waals surface area contributed by atoms with Gasteiger partial charge < -0.3 is 10.2 Å². The highest BCUT2D eigenvalue weighted by atomic mass is 33.1. The van der Waals surface area contributed by atoms with Crippen LogP contribution >= 0.6 is 21.6 Å². The molecule has 0 fully saturated rings. The summed E-state index contributed by atoms with van der Waals surface area (Å²) in [6, 6.07) is 17.7. The van der Waals surface area contributed by atoms with Crippen LogP contribution in [-0.2, 0) is 0 Å². The molecule has 4 aromatic rings. The fraction of sp³-hybridized carbons (Fsp3) is 0. The van der Waals surface area contributed by atoms with Crippen LogP contribution in [0.5, 0.6) is 0 Å². The van der Waals surface area contributed by atoms with Crippen molar-refractivity contribution in [1.82, 2.24) is 9.97 Å². The zero-order valence-corrected chi connectivity index (χ0v) is 15.8. The van der Waals surface area contributed by atoms with E-state index in [2.05, 4.69) is 9.97 Å². The molecule has 0 aliphatic carbocycles. The molecule has 0 atom stereocenters. The van der Waals surface area contributed by atoms with Gasteiger partial charge in [-0.25, -0.2) is 19.6 Å². The van der Waals surface area contributed by atoms with Gasteiger partial charge in [0.1, 0.15) is 11.4 Å². The lowest BCUT2D eigenvalue weighted by Crippen LogP contribution is -2.00. The summed E-state index contributed by atoms with van der Waals surface area (Å²) in [6.45, 7) is 0. The molecule has 2 aromatic carbocycles. The van der Waals surface area contributed by atoms with E-state index in [4.69, 9.17) is 0 Å². The van der Waals surface area contributed by atoms with E-state index in [0.717, 1.165) is 20.6 Å². The maximum atomic E-state index is 11.2. The minimum absolute atomic E-state index is 0.0107. The highest BCUT2D eigenvalue weighted by Gasteiger charge is 2.12. The minimum atomic E-state index is -1.08. The van der Waals surface area contributed by atoms with Crippen molar-refractivity contribution in [1.29, 1.82) is 0 Å². The van der Waals surface area contributed by atoms with Crippen molar-refractivity contribution in [2.24, 2.45) is 0 Å². The number of hydrogen-bond acceptors (Lipinski definition) is 6. The van der Waals surface area contributed by atoms with Crippen LogP contribution in [0.15, 0.2) is 70.5 Å². The second-order valence-corrected chi connectivity index (χ2v) is 8.04. The van der Waals surface area contributed by atoms with Crippen LogP contribution < -0.4 is 0 Å². The molecule has 2 aromatic heterocycles. The van der Waals surface area contributed by atoms with Gasteiger partial charge in [-0.3, -0.25) is 0 Å². The average Bonchev–Trinajstić information content (AvgIpc) is 2.71. The molecular weight excluding hydrogens is 396 g/mol. The fourth-order valence-electron chi connectivity index (χ4n) is 2.70. The predicted molar refractivity (Wildman–Crippen MR) is 109 cm³/mol. The van der Waals surface area contributed by atoms with Crippen LogP contribution in [0.1, 0.15) is 21.0 Å². The van der Waals surface area contributed by atoms with Gasteiger partial charge in [0.2, 0.25) is 0 Å². The van der Waals surface area contributed by atoms with Gasteiger partial charge in [-0.1, -0.05) is 58.0 Å². The maximum absolute atomic E-state index is 11.2. The quantitative estimate of drug-likeness (QED) is 0.446. The number of aromatic nitrogens is 2. The Hall–Kier alpha value is -3.10. The molecule has 138 valence electrons. The summed E-state index contributed by atoms with van der Waals surface area (Å²) in [7, 11) is 2.85. The van der Waals surface area contributed by atoms with Crippen molar-refractivity contribution < 1.29 is 19.8 Å². The molecule has 0 radical (unpaired) electrons. The van der Waals surface area contributed by atoms with E-state index in [1.165, 1.54) is 33.7 Å². The number of nitrogens with zero attached hydrogens (tertiary/aromatic N) is 2. The van der Waals surface area contributed by atoms with Gasteiger partial charge in [0.25, 0.3) is 0 Å².